The second-order valence-corrected chi connectivity index (χ2v) is 10.8. The number of nitrogens with zero attached hydrogens (tertiary/aromatic N) is 5. The predicted molar refractivity (Wildman–Crippen MR) is 168 cm³/mol. The Morgan fingerprint density at radius 3 is 2.65 bits per heavy atom. The number of aliphatic carboxylic acids is 1. The maximum atomic E-state index is 11.0. The quantitative estimate of drug-likeness (QED) is 0.164. The van der Waals surface area contributed by atoms with Gasteiger partial charge in [0.2, 0.25) is 0 Å². The fourth-order valence-electron chi connectivity index (χ4n) is 4.83. The van der Waals surface area contributed by atoms with Gasteiger partial charge in [0, 0.05) is 62.6 Å². The van der Waals surface area contributed by atoms with Crippen molar-refractivity contribution >= 4 is 35.2 Å². The van der Waals surface area contributed by atoms with Crippen molar-refractivity contribution in [1.29, 1.82) is 0 Å². The van der Waals surface area contributed by atoms with E-state index in [1.54, 1.807) is 13.3 Å². The number of carbonyl (C=O) groups is 1. The molecule has 0 spiro atoms. The molecule has 214 valence electrons. The third-order valence-corrected chi connectivity index (χ3v) is 7.60. The van der Waals surface area contributed by atoms with Crippen LogP contribution in [0, 0.1) is 0 Å². The van der Waals surface area contributed by atoms with Crippen molar-refractivity contribution in [2.24, 2.45) is 15.0 Å². The number of halogens is 1. The maximum absolute atomic E-state index is 11.0. The molecule has 2 unspecified atom stereocenters. The van der Waals surface area contributed by atoms with E-state index < -0.39 is 11.5 Å². The molecule has 7 nitrogen and oxygen atoms in total. The van der Waals surface area contributed by atoms with Crippen molar-refractivity contribution in [3.63, 3.8) is 0 Å². The van der Waals surface area contributed by atoms with Gasteiger partial charge in [0.25, 0.3) is 0 Å². The molecule has 1 heterocycles. The molecule has 2 aliphatic rings. The average Bonchev–Trinajstić information content (AvgIpc) is 2.94. The van der Waals surface area contributed by atoms with Crippen LogP contribution in [0.15, 0.2) is 87.5 Å². The highest BCUT2D eigenvalue weighted by Gasteiger charge is 2.37. The number of likely N-dealkylation sites (N-methyl/N-ethyl adjacent to an activating group) is 2. The van der Waals surface area contributed by atoms with E-state index in [0.29, 0.717) is 17.9 Å². The van der Waals surface area contributed by atoms with Crippen molar-refractivity contribution in [1.82, 2.24) is 9.80 Å². The monoisotopic (exact) mass is 563 g/mol. The van der Waals surface area contributed by atoms with Gasteiger partial charge in [0.15, 0.2) is 0 Å². The lowest BCUT2D eigenvalue weighted by molar-refractivity contribution is -0.137. The summed E-state index contributed by atoms with van der Waals surface area (Å²) < 4.78 is 0. The fraction of sp³-hybridized carbons (Fsp3) is 0.438. The van der Waals surface area contributed by atoms with E-state index in [2.05, 4.69) is 60.5 Å². The van der Waals surface area contributed by atoms with E-state index in [9.17, 15) is 4.79 Å². The zero-order valence-electron chi connectivity index (χ0n) is 24.2. The van der Waals surface area contributed by atoms with Crippen molar-refractivity contribution in [2.45, 2.75) is 51.1 Å². The molecule has 1 aromatic rings. The highest BCUT2D eigenvalue weighted by Crippen LogP contribution is 2.33. The largest absolute Gasteiger partial charge is 0.481 e. The molecule has 1 aliphatic heterocycles. The van der Waals surface area contributed by atoms with Crippen molar-refractivity contribution in [2.75, 3.05) is 40.3 Å². The molecule has 8 heteroatoms. The number of allylic oxidation sites excluding steroid dienone is 2. The van der Waals surface area contributed by atoms with E-state index in [1.807, 2.05) is 36.4 Å². The predicted octanol–water partition coefficient (Wildman–Crippen LogP) is 5.88. The zero-order valence-corrected chi connectivity index (χ0v) is 24.9. The van der Waals surface area contributed by atoms with Crippen LogP contribution >= 0.6 is 11.6 Å². The molecule has 0 amide bonds. The summed E-state index contributed by atoms with van der Waals surface area (Å²) in [4.78, 5) is 30.1. The minimum Gasteiger partial charge on any atom is -0.481 e. The Morgan fingerprint density at radius 1 is 1.25 bits per heavy atom. The first-order valence-corrected chi connectivity index (χ1v) is 14.3. The lowest BCUT2D eigenvalue weighted by Gasteiger charge is -2.36. The number of rotatable bonds is 15. The summed E-state index contributed by atoms with van der Waals surface area (Å²) in [7, 11) is 3.83. The van der Waals surface area contributed by atoms with Crippen LogP contribution in [-0.4, -0.2) is 90.4 Å². The lowest BCUT2D eigenvalue weighted by atomic mass is 9.83. The van der Waals surface area contributed by atoms with Crippen LogP contribution < -0.4 is 0 Å². The van der Waals surface area contributed by atoms with Gasteiger partial charge in [-0.2, -0.15) is 0 Å². The standard InChI is InChI=1S/C32H42ClN5O2/c1-6-27(17-19-34-4)37(5)20-21-38(7-2)23-24-16-18-32(3)29(22-24)35-28(10-8-9-11-30(39)40)31(36-32)25-12-14-26(33)15-13-25/h6,12-19,22,29H,1,7-11,20-21,23H2,2-5H3,(H,39,40)/b27-17+,34-19?. The first kappa shape index (κ1) is 31.2. The van der Waals surface area contributed by atoms with Gasteiger partial charge < -0.3 is 10.0 Å². The Bertz CT molecular complexity index is 1230. The second-order valence-electron chi connectivity index (χ2n) is 10.4. The molecule has 1 aliphatic carbocycles. The lowest BCUT2D eigenvalue weighted by Crippen LogP contribution is -2.43. The number of hydrogen-bond donors (Lipinski definition) is 1. The summed E-state index contributed by atoms with van der Waals surface area (Å²) in [5.41, 5.74) is 4.55. The summed E-state index contributed by atoms with van der Waals surface area (Å²) in [6.07, 6.45) is 14.4. The van der Waals surface area contributed by atoms with E-state index in [4.69, 9.17) is 26.7 Å². The van der Waals surface area contributed by atoms with Gasteiger partial charge in [0.05, 0.1) is 17.5 Å². The molecule has 1 N–H and O–H groups in total. The highest BCUT2D eigenvalue weighted by atomic mass is 35.5. The van der Waals surface area contributed by atoms with Gasteiger partial charge in [-0.25, -0.2) is 0 Å². The SMILES string of the molecule is C=C/C(=C\C=NC)N(C)CCN(CC)CC1=CC2N=C(CCCCC(=O)O)C(c3ccc(Cl)cc3)=NC2(C)C=C1. The van der Waals surface area contributed by atoms with Crippen molar-refractivity contribution in [3.05, 3.63) is 83.1 Å². The molecule has 0 fully saturated rings. The van der Waals surface area contributed by atoms with E-state index in [1.165, 1.54) is 5.57 Å². The van der Waals surface area contributed by atoms with Gasteiger partial charge in [-0.3, -0.25) is 24.7 Å². The Balaban J connectivity index is 1.77. The summed E-state index contributed by atoms with van der Waals surface area (Å²) in [5.74, 6) is -0.770. The molecule has 0 saturated heterocycles. The smallest absolute Gasteiger partial charge is 0.303 e. The zero-order chi connectivity index (χ0) is 29.1. The Morgan fingerprint density at radius 2 is 2.00 bits per heavy atom. The normalized spacial score (nSPS) is 20.7. The van der Waals surface area contributed by atoms with Crippen LogP contribution in [0.25, 0.3) is 0 Å². The summed E-state index contributed by atoms with van der Waals surface area (Å²) in [5, 5.41) is 9.73. The van der Waals surface area contributed by atoms with E-state index >= 15 is 0 Å². The number of unbranched alkanes of at least 4 members (excludes halogenated alkanes) is 1. The topological polar surface area (TPSA) is 80.9 Å². The van der Waals surface area contributed by atoms with Gasteiger partial charge in [0.1, 0.15) is 5.54 Å². The highest BCUT2D eigenvalue weighted by molar-refractivity contribution is 6.49. The number of aliphatic imine (C=N–C) groups is 3. The number of hydrogen-bond acceptors (Lipinski definition) is 6. The number of carboxylic acids is 1. The van der Waals surface area contributed by atoms with Crippen molar-refractivity contribution < 1.29 is 9.90 Å². The molecule has 0 radical (unpaired) electrons. The Labute approximate surface area is 244 Å². The number of carboxylic acid groups (broad SMARTS) is 1. The molecular formula is C32H42ClN5O2. The summed E-state index contributed by atoms with van der Waals surface area (Å²) in [6.45, 7) is 11.8. The third kappa shape index (κ3) is 8.60. The van der Waals surface area contributed by atoms with E-state index in [-0.39, 0.29) is 12.5 Å². The molecule has 1 aromatic carbocycles. The van der Waals surface area contributed by atoms with Crippen LogP contribution in [0.4, 0.5) is 0 Å². The van der Waals surface area contributed by atoms with Crippen molar-refractivity contribution in [3.8, 4) is 0 Å². The van der Waals surface area contributed by atoms with Gasteiger partial charge in [-0.05, 0) is 62.6 Å². The minimum atomic E-state index is -0.770. The number of benzene rings is 1. The number of fused-ring (bicyclic) bond motifs is 1. The molecule has 0 aromatic heterocycles. The van der Waals surface area contributed by atoms with E-state index in [0.717, 1.165) is 55.3 Å². The van der Waals surface area contributed by atoms with Gasteiger partial charge >= 0.3 is 5.97 Å². The molecule has 0 bridgehead atoms. The van der Waals surface area contributed by atoms with Crippen LogP contribution in [0.3, 0.4) is 0 Å². The third-order valence-electron chi connectivity index (χ3n) is 7.35. The van der Waals surface area contributed by atoms with Crippen LogP contribution in [-0.2, 0) is 4.79 Å². The molecule has 40 heavy (non-hydrogen) atoms. The summed E-state index contributed by atoms with van der Waals surface area (Å²) in [6, 6.07) is 7.58. The second kappa shape index (κ2) is 14.9. The fourth-order valence-corrected chi connectivity index (χ4v) is 4.96. The molecular weight excluding hydrogens is 522 g/mol. The maximum Gasteiger partial charge on any atom is 0.303 e. The average molecular weight is 564 g/mol. The molecule has 3 rings (SSSR count). The van der Waals surface area contributed by atoms with Gasteiger partial charge in [-0.1, -0.05) is 55.5 Å². The molecule has 0 saturated carbocycles. The minimum absolute atomic E-state index is 0.108. The van der Waals surface area contributed by atoms with Crippen LogP contribution in [0.5, 0.6) is 0 Å². The van der Waals surface area contributed by atoms with Gasteiger partial charge in [-0.15, -0.1) is 0 Å². The van der Waals surface area contributed by atoms with Crippen LogP contribution in [0.1, 0.15) is 45.1 Å². The first-order valence-electron chi connectivity index (χ1n) is 13.9. The first-order chi connectivity index (χ1) is 19.2. The Kier molecular flexibility index (Phi) is 11.6. The molecule has 2 atom stereocenters. The summed E-state index contributed by atoms with van der Waals surface area (Å²) >= 11 is 6.15. The Hall–Kier alpha value is -3.29. The van der Waals surface area contributed by atoms with Crippen LogP contribution in [0.2, 0.25) is 5.02 Å².